The van der Waals surface area contributed by atoms with Crippen molar-refractivity contribution in [2.24, 2.45) is 0 Å². The number of benzene rings is 10. The molecule has 1 unspecified atom stereocenters. The number of ether oxygens (including phenoxy) is 1. The van der Waals surface area contributed by atoms with Gasteiger partial charge in [-0.3, -0.25) is 0 Å². The van der Waals surface area contributed by atoms with Crippen LogP contribution in [0.3, 0.4) is 0 Å². The van der Waals surface area contributed by atoms with Crippen molar-refractivity contribution in [1.82, 2.24) is 0 Å². The Morgan fingerprint density at radius 1 is 0.400 bits per heavy atom. The molecule has 1 spiro atoms. The number of rotatable bonds is 6. The first kappa shape index (κ1) is 37.4. The summed E-state index contributed by atoms with van der Waals surface area (Å²) in [5.41, 5.74) is 20.0. The number of aryl methyl sites for hydroxylation is 1. The number of hydrogen-bond donors (Lipinski definition) is 0. The van der Waals surface area contributed by atoms with Crippen LogP contribution in [0.15, 0.2) is 231 Å². The average molecular weight is 830 g/mol. The minimum Gasteiger partial charge on any atom is -0.455 e. The van der Waals surface area contributed by atoms with Crippen molar-refractivity contribution in [1.29, 1.82) is 0 Å². The number of para-hydroxylation sites is 1. The molecule has 10 aromatic carbocycles. The van der Waals surface area contributed by atoms with Crippen molar-refractivity contribution >= 4 is 33.9 Å². The highest BCUT2D eigenvalue weighted by Crippen LogP contribution is 2.65. The molecule has 1 atom stereocenters. The number of allylic oxidation sites excluding steroid dienone is 1. The summed E-state index contributed by atoms with van der Waals surface area (Å²) in [5, 5.41) is 2.32. The molecule has 306 valence electrons. The molecule has 13 rings (SSSR count). The number of fused-ring (bicyclic) bond motifs is 13. The zero-order valence-electron chi connectivity index (χ0n) is 35.8. The second kappa shape index (κ2) is 15.0. The fourth-order valence-corrected chi connectivity index (χ4v) is 11.1. The Morgan fingerprint density at radius 2 is 1.02 bits per heavy atom. The van der Waals surface area contributed by atoms with Crippen LogP contribution in [-0.2, 0) is 11.8 Å². The van der Waals surface area contributed by atoms with Crippen LogP contribution in [0.25, 0.3) is 61.4 Å². The third kappa shape index (κ3) is 5.74. The van der Waals surface area contributed by atoms with Gasteiger partial charge in [-0.05, 0) is 116 Å². The maximum Gasteiger partial charge on any atom is 0.140 e. The Kier molecular flexibility index (Phi) is 8.60. The topological polar surface area (TPSA) is 12.5 Å². The molecule has 65 heavy (non-hydrogen) atoms. The molecule has 0 fully saturated rings. The predicted molar refractivity (Wildman–Crippen MR) is 270 cm³/mol. The molecule has 1 aliphatic heterocycles. The zero-order valence-corrected chi connectivity index (χ0v) is 35.8. The molecule has 2 nitrogen and oxygen atoms in total. The van der Waals surface area contributed by atoms with Crippen LogP contribution < -0.4 is 9.64 Å². The van der Waals surface area contributed by atoms with Crippen molar-refractivity contribution in [2.75, 3.05) is 4.90 Å². The highest BCUT2D eigenvalue weighted by Gasteiger charge is 2.52. The third-order valence-electron chi connectivity index (χ3n) is 14.0. The summed E-state index contributed by atoms with van der Waals surface area (Å²) in [5.74, 6) is 1.93. The van der Waals surface area contributed by atoms with Crippen molar-refractivity contribution in [2.45, 2.75) is 18.3 Å². The van der Waals surface area contributed by atoms with Gasteiger partial charge in [-0.15, -0.1) is 0 Å². The molecule has 0 N–H and O–H groups in total. The Hall–Kier alpha value is -8.20. The lowest BCUT2D eigenvalue weighted by Gasteiger charge is -2.41. The Bertz CT molecular complexity index is 3500. The van der Waals surface area contributed by atoms with Crippen LogP contribution in [0.2, 0.25) is 0 Å². The fraction of sp³-hybridized carbons (Fsp3) is 0.0476. The standard InChI is InChI=1S/C63H43NO/c1-4-17-42(18-5-1)50-38-37-49(41-55(50)43-19-6-2-7-20-43)64(47-23-8-3-9-24-47)48-35-31-46(32-36-48)51-28-16-30-57-60(51)54-27-14-15-29-56(54)63(57)58-39-33-44-21-10-12-25-52(44)61(58)65-62-53-26-13-11-22-45(53)34-40-59(62)63/h1-10,12-21,23-41H,11,22H2. The second-order valence-corrected chi connectivity index (χ2v) is 17.4. The van der Waals surface area contributed by atoms with Crippen molar-refractivity contribution in [3.05, 3.63) is 264 Å². The van der Waals surface area contributed by atoms with Gasteiger partial charge in [0, 0.05) is 39.1 Å². The van der Waals surface area contributed by atoms with Gasteiger partial charge in [0.05, 0.1) is 5.41 Å². The largest absolute Gasteiger partial charge is 0.455 e. The van der Waals surface area contributed by atoms with E-state index in [1.54, 1.807) is 0 Å². The van der Waals surface area contributed by atoms with E-state index in [4.69, 9.17) is 4.74 Å². The first-order valence-electron chi connectivity index (χ1n) is 22.7. The molecule has 2 heteroatoms. The monoisotopic (exact) mass is 829 g/mol. The fourth-order valence-electron chi connectivity index (χ4n) is 11.1. The van der Waals surface area contributed by atoms with E-state index in [0.717, 1.165) is 46.8 Å². The maximum atomic E-state index is 7.23. The summed E-state index contributed by atoms with van der Waals surface area (Å²) in [4.78, 5) is 2.38. The van der Waals surface area contributed by atoms with Gasteiger partial charge in [0.1, 0.15) is 11.5 Å². The molecule has 1 heterocycles. The van der Waals surface area contributed by atoms with E-state index in [1.165, 1.54) is 83.3 Å². The summed E-state index contributed by atoms with van der Waals surface area (Å²) in [7, 11) is 0. The minimum absolute atomic E-state index is 0.582. The molecule has 0 saturated heterocycles. The molecule has 0 saturated carbocycles. The minimum atomic E-state index is -0.582. The normalized spacial score (nSPS) is 15.1. The summed E-state index contributed by atoms with van der Waals surface area (Å²) >= 11 is 0. The smallest absolute Gasteiger partial charge is 0.140 e. The molecule has 0 aromatic heterocycles. The average Bonchev–Trinajstić information content (AvgIpc) is 3.68. The maximum absolute atomic E-state index is 7.23. The molecule has 0 amide bonds. The van der Waals surface area contributed by atoms with Gasteiger partial charge in [0.25, 0.3) is 0 Å². The first-order valence-corrected chi connectivity index (χ1v) is 22.7. The van der Waals surface area contributed by atoms with Crippen LogP contribution in [-0.4, -0.2) is 0 Å². The van der Waals surface area contributed by atoms with Gasteiger partial charge in [-0.2, -0.15) is 0 Å². The number of anilines is 3. The lowest BCUT2D eigenvalue weighted by Crippen LogP contribution is -2.32. The Morgan fingerprint density at radius 3 is 1.83 bits per heavy atom. The molecule has 10 aromatic rings. The Labute approximate surface area is 380 Å². The van der Waals surface area contributed by atoms with Crippen LogP contribution in [0.1, 0.15) is 39.8 Å². The quantitative estimate of drug-likeness (QED) is 0.166. The molecule has 3 aliphatic rings. The molecular weight excluding hydrogens is 787 g/mol. The number of hydrogen-bond acceptors (Lipinski definition) is 2. The van der Waals surface area contributed by atoms with E-state index in [2.05, 4.69) is 242 Å². The van der Waals surface area contributed by atoms with Gasteiger partial charge in [-0.25, -0.2) is 0 Å². The number of nitrogens with zero attached hydrogens (tertiary/aromatic N) is 1. The SMILES string of the molecule is C1=Cc2c(ccc3c2Oc2c(ccc4ccccc24)C32c3ccccc3-c3c(-c4ccc(N(c5ccccc5)c5ccc(-c6ccccc6)c(-c6ccccc6)c5)cc4)cccc32)CC1. The molecule has 2 aliphatic carbocycles. The summed E-state index contributed by atoms with van der Waals surface area (Å²) in [6.07, 6.45) is 6.65. The lowest BCUT2D eigenvalue weighted by molar-refractivity contribution is 0.439. The van der Waals surface area contributed by atoms with Crippen LogP contribution >= 0.6 is 0 Å². The van der Waals surface area contributed by atoms with E-state index >= 15 is 0 Å². The van der Waals surface area contributed by atoms with Gasteiger partial charge >= 0.3 is 0 Å². The highest BCUT2D eigenvalue weighted by atomic mass is 16.5. The van der Waals surface area contributed by atoms with Crippen molar-refractivity contribution in [3.8, 4) is 56.0 Å². The van der Waals surface area contributed by atoms with Crippen molar-refractivity contribution < 1.29 is 4.74 Å². The summed E-state index contributed by atoms with van der Waals surface area (Å²) < 4.78 is 7.23. The van der Waals surface area contributed by atoms with E-state index < -0.39 is 5.41 Å². The predicted octanol–water partition coefficient (Wildman–Crippen LogP) is 16.7. The zero-order chi connectivity index (χ0) is 42.9. The van der Waals surface area contributed by atoms with Crippen LogP contribution in [0, 0.1) is 0 Å². The molecule has 0 radical (unpaired) electrons. The highest BCUT2D eigenvalue weighted by molar-refractivity contribution is 6.00. The van der Waals surface area contributed by atoms with E-state index in [1.807, 2.05) is 0 Å². The van der Waals surface area contributed by atoms with E-state index in [9.17, 15) is 0 Å². The van der Waals surface area contributed by atoms with Gasteiger partial charge in [0.15, 0.2) is 0 Å². The molecular formula is C63H43NO. The van der Waals surface area contributed by atoms with Crippen molar-refractivity contribution in [3.63, 3.8) is 0 Å². The van der Waals surface area contributed by atoms with Gasteiger partial charge in [-0.1, -0.05) is 200 Å². The Balaban J connectivity index is 0.990. The van der Waals surface area contributed by atoms with Gasteiger partial charge < -0.3 is 9.64 Å². The van der Waals surface area contributed by atoms with Crippen LogP contribution in [0.5, 0.6) is 11.5 Å². The second-order valence-electron chi connectivity index (χ2n) is 17.4. The van der Waals surface area contributed by atoms with Crippen LogP contribution in [0.4, 0.5) is 17.1 Å². The van der Waals surface area contributed by atoms with E-state index in [0.29, 0.717) is 0 Å². The lowest BCUT2D eigenvalue weighted by atomic mass is 9.65. The van der Waals surface area contributed by atoms with E-state index in [-0.39, 0.29) is 0 Å². The first-order chi connectivity index (χ1) is 32.3. The third-order valence-corrected chi connectivity index (χ3v) is 14.0. The van der Waals surface area contributed by atoms with Gasteiger partial charge in [0.2, 0.25) is 0 Å². The molecule has 0 bridgehead atoms. The summed E-state index contributed by atoms with van der Waals surface area (Å²) in [6.45, 7) is 0. The summed E-state index contributed by atoms with van der Waals surface area (Å²) in [6, 6.07) is 82.3.